The van der Waals surface area contributed by atoms with Crippen molar-refractivity contribution in [1.29, 1.82) is 0 Å². The Hall–Kier alpha value is -2.22. The average molecular weight is 262 g/mol. The van der Waals surface area contributed by atoms with Crippen LogP contribution >= 0.6 is 0 Å². The number of aromatic nitrogens is 5. The zero-order valence-electron chi connectivity index (χ0n) is 10.3. The number of anilines is 1. The maximum absolute atomic E-state index is 5.64. The first-order chi connectivity index (χ1) is 9.31. The van der Waals surface area contributed by atoms with E-state index in [0.29, 0.717) is 25.1 Å². The van der Waals surface area contributed by atoms with Crippen LogP contribution in [0.2, 0.25) is 0 Å². The van der Waals surface area contributed by atoms with E-state index in [9.17, 15) is 0 Å². The molecule has 1 unspecified atom stereocenters. The van der Waals surface area contributed by atoms with Crippen LogP contribution in [0.15, 0.2) is 18.5 Å². The zero-order valence-corrected chi connectivity index (χ0v) is 10.3. The molecule has 0 aliphatic carbocycles. The molecule has 19 heavy (non-hydrogen) atoms. The highest BCUT2D eigenvalue weighted by Crippen LogP contribution is 2.14. The van der Waals surface area contributed by atoms with Crippen molar-refractivity contribution in [1.82, 2.24) is 24.7 Å². The van der Waals surface area contributed by atoms with E-state index in [1.165, 1.54) is 4.68 Å². The number of rotatable bonds is 4. The summed E-state index contributed by atoms with van der Waals surface area (Å²) >= 11 is 0. The summed E-state index contributed by atoms with van der Waals surface area (Å²) in [7, 11) is 0. The lowest BCUT2D eigenvalue weighted by molar-refractivity contribution is 0.163. The fourth-order valence-electron chi connectivity index (χ4n) is 1.82. The minimum absolute atomic E-state index is 0.109. The molecular formula is C11H14N6O2. The van der Waals surface area contributed by atoms with Gasteiger partial charge in [0.1, 0.15) is 0 Å². The molecule has 3 rings (SSSR count). The van der Waals surface area contributed by atoms with E-state index in [-0.39, 0.29) is 12.0 Å². The minimum atomic E-state index is 0.109. The van der Waals surface area contributed by atoms with Crippen molar-refractivity contribution in [3.8, 4) is 12.0 Å². The Morgan fingerprint density at radius 1 is 1.42 bits per heavy atom. The number of hydrogen-bond acceptors (Lipinski definition) is 7. The Kier molecular flexibility index (Phi) is 3.23. The van der Waals surface area contributed by atoms with Crippen LogP contribution < -0.4 is 10.5 Å². The van der Waals surface area contributed by atoms with Gasteiger partial charge in [0.15, 0.2) is 0 Å². The van der Waals surface area contributed by atoms with Crippen LogP contribution in [0.3, 0.4) is 0 Å². The summed E-state index contributed by atoms with van der Waals surface area (Å²) in [6.45, 7) is 2.01. The van der Waals surface area contributed by atoms with Gasteiger partial charge in [0.2, 0.25) is 5.95 Å². The molecule has 2 aromatic heterocycles. The van der Waals surface area contributed by atoms with Gasteiger partial charge in [-0.2, -0.15) is 20.1 Å². The lowest BCUT2D eigenvalue weighted by Crippen LogP contribution is -2.15. The summed E-state index contributed by atoms with van der Waals surface area (Å²) in [4.78, 5) is 12.1. The minimum Gasteiger partial charge on any atom is -0.463 e. The highest BCUT2D eigenvalue weighted by Gasteiger charge is 2.17. The Morgan fingerprint density at radius 3 is 3.11 bits per heavy atom. The molecule has 2 aromatic rings. The predicted molar refractivity (Wildman–Crippen MR) is 65.8 cm³/mol. The first kappa shape index (κ1) is 11.8. The van der Waals surface area contributed by atoms with Crippen LogP contribution in [-0.2, 0) is 4.74 Å². The Morgan fingerprint density at radius 2 is 2.37 bits per heavy atom. The third-order valence-corrected chi connectivity index (χ3v) is 2.80. The van der Waals surface area contributed by atoms with E-state index in [0.717, 1.165) is 13.0 Å². The first-order valence-electron chi connectivity index (χ1n) is 6.03. The molecule has 0 radical (unpaired) electrons. The zero-order chi connectivity index (χ0) is 13.1. The van der Waals surface area contributed by atoms with Gasteiger partial charge >= 0.3 is 6.01 Å². The number of hydrogen-bond donors (Lipinski definition) is 1. The highest BCUT2D eigenvalue weighted by molar-refractivity contribution is 5.24. The van der Waals surface area contributed by atoms with E-state index in [1.54, 1.807) is 18.5 Å². The highest BCUT2D eigenvalue weighted by atomic mass is 16.5. The average Bonchev–Trinajstić information content (AvgIpc) is 3.09. The molecular weight excluding hydrogens is 248 g/mol. The Balaban J connectivity index is 1.74. The van der Waals surface area contributed by atoms with Crippen LogP contribution in [0.5, 0.6) is 6.01 Å². The third kappa shape index (κ3) is 2.79. The lowest BCUT2D eigenvalue weighted by atomic mass is 10.1. The molecule has 8 nitrogen and oxygen atoms in total. The number of nitrogen functional groups attached to an aromatic ring is 1. The van der Waals surface area contributed by atoms with Crippen LogP contribution in [0, 0.1) is 5.92 Å². The second-order valence-corrected chi connectivity index (χ2v) is 4.27. The normalized spacial score (nSPS) is 18.6. The van der Waals surface area contributed by atoms with E-state index < -0.39 is 0 Å². The quantitative estimate of drug-likeness (QED) is 0.831. The summed E-state index contributed by atoms with van der Waals surface area (Å²) in [5, 5.41) is 4.04. The van der Waals surface area contributed by atoms with Gasteiger partial charge in [0.25, 0.3) is 5.95 Å². The molecule has 0 spiro atoms. The molecule has 2 N–H and O–H groups in total. The van der Waals surface area contributed by atoms with Crippen LogP contribution in [0.1, 0.15) is 6.42 Å². The van der Waals surface area contributed by atoms with E-state index in [2.05, 4.69) is 20.1 Å². The number of ether oxygens (including phenoxy) is 2. The summed E-state index contributed by atoms with van der Waals surface area (Å²) in [6, 6.07) is 1.99. The SMILES string of the molecule is Nc1nc(OCC2CCOC2)nc(-n2cccn2)n1. The van der Waals surface area contributed by atoms with Crippen molar-refractivity contribution in [2.75, 3.05) is 25.6 Å². The molecule has 1 fully saturated rings. The van der Waals surface area contributed by atoms with Crippen molar-refractivity contribution < 1.29 is 9.47 Å². The second kappa shape index (κ2) is 5.19. The maximum Gasteiger partial charge on any atom is 0.323 e. The molecule has 0 bridgehead atoms. The first-order valence-corrected chi connectivity index (χ1v) is 6.03. The number of nitrogens with zero attached hydrogens (tertiary/aromatic N) is 5. The fourth-order valence-corrected chi connectivity index (χ4v) is 1.82. The molecule has 3 heterocycles. The van der Waals surface area contributed by atoms with Gasteiger partial charge < -0.3 is 15.2 Å². The van der Waals surface area contributed by atoms with E-state index in [1.807, 2.05) is 0 Å². The van der Waals surface area contributed by atoms with Crippen molar-refractivity contribution in [3.05, 3.63) is 18.5 Å². The van der Waals surface area contributed by atoms with Gasteiger partial charge in [-0.15, -0.1) is 0 Å². The summed E-state index contributed by atoms with van der Waals surface area (Å²) in [6.07, 6.45) is 4.35. The van der Waals surface area contributed by atoms with E-state index >= 15 is 0 Å². The smallest absolute Gasteiger partial charge is 0.323 e. The van der Waals surface area contributed by atoms with Crippen molar-refractivity contribution in [2.45, 2.75) is 6.42 Å². The third-order valence-electron chi connectivity index (χ3n) is 2.80. The molecule has 1 aliphatic heterocycles. The van der Waals surface area contributed by atoms with Crippen LogP contribution in [-0.4, -0.2) is 44.6 Å². The van der Waals surface area contributed by atoms with Crippen LogP contribution in [0.4, 0.5) is 5.95 Å². The largest absolute Gasteiger partial charge is 0.463 e. The molecule has 0 aromatic carbocycles. The standard InChI is InChI=1S/C11H14N6O2/c12-9-14-10(17-4-1-3-13-17)16-11(15-9)19-7-8-2-5-18-6-8/h1,3-4,8H,2,5-7H2,(H2,12,14,15,16). The Labute approximate surface area is 109 Å². The topological polar surface area (TPSA) is 101 Å². The molecule has 0 saturated carbocycles. The van der Waals surface area contributed by atoms with Crippen molar-refractivity contribution in [2.24, 2.45) is 5.92 Å². The van der Waals surface area contributed by atoms with Gasteiger partial charge in [-0.05, 0) is 12.5 Å². The summed E-state index contributed by atoms with van der Waals surface area (Å²) in [5.41, 5.74) is 5.64. The van der Waals surface area contributed by atoms with Gasteiger partial charge in [-0.3, -0.25) is 0 Å². The molecule has 8 heteroatoms. The number of nitrogens with two attached hydrogens (primary N) is 1. The predicted octanol–water partition coefficient (Wildman–Crippen LogP) is 0.0548. The van der Waals surface area contributed by atoms with Gasteiger partial charge in [0, 0.05) is 24.9 Å². The van der Waals surface area contributed by atoms with E-state index in [4.69, 9.17) is 15.2 Å². The summed E-state index contributed by atoms with van der Waals surface area (Å²) < 4.78 is 12.3. The molecule has 0 amide bonds. The second-order valence-electron chi connectivity index (χ2n) is 4.27. The van der Waals surface area contributed by atoms with Crippen molar-refractivity contribution in [3.63, 3.8) is 0 Å². The molecule has 100 valence electrons. The van der Waals surface area contributed by atoms with Crippen LogP contribution in [0.25, 0.3) is 5.95 Å². The molecule has 1 aliphatic rings. The van der Waals surface area contributed by atoms with Gasteiger partial charge in [0.05, 0.1) is 13.2 Å². The lowest BCUT2D eigenvalue weighted by Gasteiger charge is -2.09. The maximum atomic E-state index is 5.64. The van der Waals surface area contributed by atoms with Crippen molar-refractivity contribution >= 4 is 5.95 Å². The van der Waals surface area contributed by atoms with Gasteiger partial charge in [-0.25, -0.2) is 4.68 Å². The monoisotopic (exact) mass is 262 g/mol. The molecule has 1 saturated heterocycles. The summed E-state index contributed by atoms with van der Waals surface area (Å²) in [5.74, 6) is 0.833. The van der Waals surface area contributed by atoms with Gasteiger partial charge in [-0.1, -0.05) is 0 Å². The molecule has 1 atom stereocenters. The fraction of sp³-hybridized carbons (Fsp3) is 0.455. The Bertz CT molecular complexity index is 538.